The van der Waals surface area contributed by atoms with Crippen molar-refractivity contribution in [1.82, 2.24) is 15.0 Å². The van der Waals surface area contributed by atoms with Gasteiger partial charge in [-0.2, -0.15) is 4.98 Å². The second-order valence-corrected chi connectivity index (χ2v) is 10.0. The highest BCUT2D eigenvalue weighted by atomic mass is 32.1. The maximum absolute atomic E-state index is 14.5. The molecule has 1 saturated heterocycles. The number of hydrogen-bond donors (Lipinski definition) is 3. The number of aromatic nitrogens is 3. The predicted octanol–water partition coefficient (Wildman–Crippen LogP) is 3.53. The molecule has 3 heterocycles. The summed E-state index contributed by atoms with van der Waals surface area (Å²) in [5.74, 6) is 0.858. The maximum Gasteiger partial charge on any atom is 0.357 e. The third kappa shape index (κ3) is 3.69. The SMILES string of the molecule is CCOC(=O)c1csc(Nc2nc3c(c(N4C[C@H]5CC4C[C@H]5N)n2)-c2cc(F)cc(NC)c2C3)n1. The Morgan fingerprint density at radius 3 is 2.89 bits per heavy atom. The highest BCUT2D eigenvalue weighted by molar-refractivity contribution is 7.14. The van der Waals surface area contributed by atoms with Gasteiger partial charge in [-0.1, -0.05) is 0 Å². The minimum Gasteiger partial charge on any atom is -0.461 e. The summed E-state index contributed by atoms with van der Waals surface area (Å²) in [5, 5.41) is 8.44. The number of piperidine rings is 1. The first kappa shape index (κ1) is 22.2. The van der Waals surface area contributed by atoms with Crippen molar-refractivity contribution in [3.63, 3.8) is 0 Å². The van der Waals surface area contributed by atoms with Gasteiger partial charge in [-0.3, -0.25) is 5.32 Å². The van der Waals surface area contributed by atoms with Crippen LogP contribution in [0.2, 0.25) is 0 Å². The molecule has 3 aliphatic rings. The van der Waals surface area contributed by atoms with Gasteiger partial charge in [-0.05, 0) is 48.9 Å². The molecule has 0 spiro atoms. The highest BCUT2D eigenvalue weighted by Gasteiger charge is 2.45. The van der Waals surface area contributed by atoms with E-state index in [0.717, 1.165) is 53.3 Å². The lowest BCUT2D eigenvalue weighted by atomic mass is 10.0. The van der Waals surface area contributed by atoms with Gasteiger partial charge in [0.15, 0.2) is 10.8 Å². The lowest BCUT2D eigenvalue weighted by Crippen LogP contribution is -2.41. The van der Waals surface area contributed by atoms with Crippen LogP contribution in [-0.2, 0) is 11.2 Å². The van der Waals surface area contributed by atoms with Crippen molar-refractivity contribution in [2.24, 2.45) is 11.7 Å². The first-order chi connectivity index (χ1) is 16.9. The molecule has 3 aromatic rings. The molecule has 3 atom stereocenters. The van der Waals surface area contributed by atoms with E-state index in [9.17, 15) is 9.18 Å². The Bertz CT molecular complexity index is 1330. The predicted molar refractivity (Wildman–Crippen MR) is 133 cm³/mol. The Hall–Kier alpha value is -3.31. The number of benzene rings is 1. The van der Waals surface area contributed by atoms with Crippen LogP contribution in [0.1, 0.15) is 41.5 Å². The quantitative estimate of drug-likeness (QED) is 0.345. The van der Waals surface area contributed by atoms with Gasteiger partial charge in [-0.15, -0.1) is 11.3 Å². The van der Waals surface area contributed by atoms with E-state index in [1.54, 1.807) is 25.4 Å². The zero-order valence-electron chi connectivity index (χ0n) is 19.5. The van der Waals surface area contributed by atoms with E-state index in [2.05, 4.69) is 20.5 Å². The largest absolute Gasteiger partial charge is 0.461 e. The van der Waals surface area contributed by atoms with Crippen molar-refractivity contribution in [2.75, 3.05) is 35.7 Å². The third-order valence-electron chi connectivity index (χ3n) is 7.14. The van der Waals surface area contributed by atoms with Crippen molar-refractivity contribution < 1.29 is 13.9 Å². The van der Waals surface area contributed by atoms with Crippen LogP contribution in [0.15, 0.2) is 17.5 Å². The van der Waals surface area contributed by atoms with Gasteiger partial charge in [-0.25, -0.2) is 19.2 Å². The topological polar surface area (TPSA) is 118 Å². The number of fused-ring (bicyclic) bond motifs is 5. The minimum absolute atomic E-state index is 0.209. The molecular weight excluding hydrogens is 469 g/mol. The number of rotatable bonds is 6. The number of esters is 1. The van der Waals surface area contributed by atoms with Crippen molar-refractivity contribution in [3.8, 4) is 11.1 Å². The molecule has 2 aliphatic carbocycles. The molecule has 2 fully saturated rings. The Labute approximate surface area is 205 Å². The van der Waals surface area contributed by atoms with Gasteiger partial charge in [0.05, 0.1) is 12.3 Å². The van der Waals surface area contributed by atoms with Crippen LogP contribution >= 0.6 is 11.3 Å². The van der Waals surface area contributed by atoms with Gasteiger partial charge in [0.2, 0.25) is 5.95 Å². The van der Waals surface area contributed by atoms with Gasteiger partial charge < -0.3 is 20.7 Å². The van der Waals surface area contributed by atoms with Gasteiger partial charge in [0.1, 0.15) is 11.6 Å². The molecule has 4 N–H and O–H groups in total. The van der Waals surface area contributed by atoms with Gasteiger partial charge in [0.25, 0.3) is 0 Å². The smallest absolute Gasteiger partial charge is 0.357 e. The van der Waals surface area contributed by atoms with E-state index in [-0.39, 0.29) is 24.2 Å². The number of halogens is 1. The number of carbonyl (C=O) groups is 1. The Kier molecular flexibility index (Phi) is 5.33. The molecule has 1 unspecified atom stereocenters. The van der Waals surface area contributed by atoms with E-state index in [4.69, 9.17) is 20.4 Å². The van der Waals surface area contributed by atoms with Crippen molar-refractivity contribution in [1.29, 1.82) is 0 Å². The Balaban J connectivity index is 1.41. The lowest BCUT2D eigenvalue weighted by Gasteiger charge is -2.32. The fourth-order valence-electron chi connectivity index (χ4n) is 5.58. The van der Waals surface area contributed by atoms with Crippen LogP contribution in [0.5, 0.6) is 0 Å². The summed E-state index contributed by atoms with van der Waals surface area (Å²) >= 11 is 1.28. The summed E-state index contributed by atoms with van der Waals surface area (Å²) in [7, 11) is 1.79. The summed E-state index contributed by atoms with van der Waals surface area (Å²) in [6.07, 6.45) is 2.52. The first-order valence-corrected chi connectivity index (χ1v) is 12.7. The standard InChI is InChI=1S/C24H26FN7O2S/c1-3-34-22(33)19-10-35-24(29-19)31-23-28-18-8-14-15(5-12(25)6-17(14)27-2)20(18)21(30-23)32-9-11-4-13(32)7-16(11)26/h5-6,10-11,13,16,27H,3-4,7-9,26H2,1-2H3,(H,28,29,30,31)/t11-,13?,16-/m1/s1. The van der Waals surface area contributed by atoms with Crippen LogP contribution in [0.25, 0.3) is 11.1 Å². The molecule has 1 saturated carbocycles. The second kappa shape index (κ2) is 8.42. The molecule has 1 aromatic carbocycles. The number of ether oxygens (including phenoxy) is 1. The molecule has 11 heteroatoms. The number of anilines is 4. The van der Waals surface area contributed by atoms with Crippen LogP contribution in [0, 0.1) is 11.7 Å². The number of nitrogens with two attached hydrogens (primary N) is 1. The molecule has 182 valence electrons. The van der Waals surface area contributed by atoms with Gasteiger partial charge >= 0.3 is 5.97 Å². The molecule has 1 aliphatic heterocycles. The fourth-order valence-corrected chi connectivity index (χ4v) is 6.25. The average Bonchev–Trinajstić information content (AvgIpc) is 3.61. The van der Waals surface area contributed by atoms with E-state index >= 15 is 0 Å². The summed E-state index contributed by atoms with van der Waals surface area (Å²) in [6.45, 7) is 2.86. The van der Waals surface area contributed by atoms with E-state index in [1.165, 1.54) is 17.4 Å². The van der Waals surface area contributed by atoms with Crippen molar-refractivity contribution >= 4 is 39.9 Å². The van der Waals surface area contributed by atoms with E-state index in [1.807, 2.05) is 0 Å². The zero-order chi connectivity index (χ0) is 24.3. The van der Waals surface area contributed by atoms with Crippen LogP contribution < -0.4 is 21.3 Å². The molecular formula is C24H26FN7O2S. The lowest BCUT2D eigenvalue weighted by molar-refractivity contribution is 0.0520. The molecule has 0 amide bonds. The van der Waals surface area contributed by atoms with Crippen molar-refractivity contribution in [2.45, 2.75) is 38.3 Å². The molecule has 6 rings (SSSR count). The fraction of sp³-hybridized carbons (Fsp3) is 0.417. The van der Waals surface area contributed by atoms with Crippen molar-refractivity contribution in [3.05, 3.63) is 40.3 Å². The van der Waals surface area contributed by atoms with Crippen LogP contribution in [-0.4, -0.2) is 53.2 Å². The number of nitrogens with one attached hydrogen (secondary N) is 2. The summed E-state index contributed by atoms with van der Waals surface area (Å²) in [4.78, 5) is 28.4. The van der Waals surface area contributed by atoms with E-state index in [0.29, 0.717) is 29.5 Å². The second-order valence-electron chi connectivity index (χ2n) is 9.18. The highest BCUT2D eigenvalue weighted by Crippen LogP contribution is 2.48. The molecule has 2 aromatic heterocycles. The summed E-state index contributed by atoms with van der Waals surface area (Å²) < 4.78 is 19.6. The number of carbonyl (C=O) groups excluding carboxylic acids is 1. The molecule has 9 nitrogen and oxygen atoms in total. The third-order valence-corrected chi connectivity index (χ3v) is 7.90. The van der Waals surface area contributed by atoms with Gasteiger partial charge in [0, 0.05) is 48.7 Å². The Morgan fingerprint density at radius 1 is 1.31 bits per heavy atom. The zero-order valence-corrected chi connectivity index (χ0v) is 20.3. The maximum atomic E-state index is 14.5. The summed E-state index contributed by atoms with van der Waals surface area (Å²) in [6, 6.07) is 3.61. The summed E-state index contributed by atoms with van der Waals surface area (Å²) in [5.41, 5.74) is 10.9. The number of thiazole rings is 1. The molecule has 35 heavy (non-hydrogen) atoms. The minimum atomic E-state index is -0.464. The molecule has 0 radical (unpaired) electrons. The number of hydrogen-bond acceptors (Lipinski definition) is 10. The number of nitrogens with zero attached hydrogens (tertiary/aromatic N) is 4. The molecule has 2 bridgehead atoms. The monoisotopic (exact) mass is 495 g/mol. The van der Waals surface area contributed by atoms with Crippen LogP contribution in [0.4, 0.5) is 27.0 Å². The normalized spacial score (nSPS) is 21.7. The first-order valence-electron chi connectivity index (χ1n) is 11.8. The average molecular weight is 496 g/mol. The van der Waals surface area contributed by atoms with E-state index < -0.39 is 5.97 Å². The Morgan fingerprint density at radius 2 is 2.17 bits per heavy atom. The van der Waals surface area contributed by atoms with Crippen LogP contribution in [0.3, 0.4) is 0 Å².